The Morgan fingerprint density at radius 1 is 0.265 bits per heavy atom. The van der Waals surface area contributed by atoms with Crippen molar-refractivity contribution in [3.05, 3.63) is 324 Å². The molecular weight excluding hydrogens is 1240 g/mol. The Bertz CT molecular complexity index is 6430. The highest BCUT2D eigenvalue weighted by Crippen LogP contribution is 2.53. The second-order valence-electron chi connectivity index (χ2n) is 27.4. The summed E-state index contributed by atoms with van der Waals surface area (Å²) in [6, 6.07) is 101. The van der Waals surface area contributed by atoms with Gasteiger partial charge in [-0.25, -0.2) is 15.0 Å². The van der Waals surface area contributed by atoms with Gasteiger partial charge in [0.1, 0.15) is 6.07 Å². The lowest BCUT2D eigenvalue weighted by atomic mass is 9.81. The molecule has 0 saturated heterocycles. The number of pyridine rings is 1. The first-order valence-electron chi connectivity index (χ1n) is 34.7. The number of fused-ring (bicyclic) bond motifs is 12. The number of hydrogen-bond donors (Lipinski definition) is 0. The number of aromatic nitrogens is 8. The van der Waals surface area contributed by atoms with E-state index in [1.165, 1.54) is 65.7 Å². The summed E-state index contributed by atoms with van der Waals surface area (Å²) in [6.07, 6.45) is 3.83. The van der Waals surface area contributed by atoms with Crippen molar-refractivity contribution in [3.63, 3.8) is 0 Å². The van der Waals surface area contributed by atoms with Crippen molar-refractivity contribution in [2.45, 2.75) is 41.5 Å². The maximum atomic E-state index is 13.0. The predicted octanol–water partition coefficient (Wildman–Crippen LogP) is 23.4. The van der Waals surface area contributed by atoms with Gasteiger partial charge in [-0.2, -0.15) is 5.26 Å². The third-order valence-corrected chi connectivity index (χ3v) is 20.7. The average molecular weight is 1310 g/mol. The predicted molar refractivity (Wildman–Crippen MR) is 421 cm³/mol. The van der Waals surface area contributed by atoms with Gasteiger partial charge in [0, 0.05) is 99.7 Å². The van der Waals surface area contributed by atoms with Gasteiger partial charge in [-0.15, -0.1) is 0 Å². The molecule has 482 valence electrons. The van der Waals surface area contributed by atoms with Gasteiger partial charge in [0.15, 0.2) is 17.5 Å². The summed E-state index contributed by atoms with van der Waals surface area (Å²) < 4.78 is 9.47. The molecule has 6 aromatic heterocycles. The first-order chi connectivity index (χ1) is 50.0. The number of nitrogens with zero attached hydrogens (tertiary/aromatic N) is 9. The van der Waals surface area contributed by atoms with E-state index < -0.39 is 0 Å². The van der Waals surface area contributed by atoms with Crippen molar-refractivity contribution in [2.24, 2.45) is 0 Å². The summed E-state index contributed by atoms with van der Waals surface area (Å²) in [5.41, 5.74) is 26.9. The number of hydrogen-bond acceptors (Lipinski definition) is 5. The zero-order valence-corrected chi connectivity index (χ0v) is 57.2. The van der Waals surface area contributed by atoms with Crippen LogP contribution >= 0.6 is 0 Å². The van der Waals surface area contributed by atoms with Gasteiger partial charge in [-0.05, 0) is 180 Å². The zero-order chi connectivity index (χ0) is 68.6. The molecule has 19 rings (SSSR count). The van der Waals surface area contributed by atoms with E-state index in [1.54, 1.807) is 0 Å². The highest BCUT2D eigenvalue weighted by Gasteiger charge is 2.33. The van der Waals surface area contributed by atoms with Crippen LogP contribution < -0.4 is 0 Å². The Balaban J connectivity index is 0.975. The van der Waals surface area contributed by atoms with Crippen LogP contribution in [0.25, 0.3) is 178 Å². The maximum absolute atomic E-state index is 13.0. The van der Waals surface area contributed by atoms with Crippen LogP contribution in [0.2, 0.25) is 0 Å². The quantitative estimate of drug-likeness (QED) is 0.136. The van der Waals surface area contributed by atoms with Gasteiger partial charge in [-0.3, -0.25) is 4.98 Å². The molecule has 0 radical (unpaired) electrons. The first-order valence-corrected chi connectivity index (χ1v) is 34.7. The van der Waals surface area contributed by atoms with Crippen LogP contribution in [0.1, 0.15) is 38.9 Å². The minimum atomic E-state index is 0.400. The van der Waals surface area contributed by atoms with Crippen molar-refractivity contribution in [1.29, 1.82) is 5.26 Å². The van der Waals surface area contributed by atoms with Crippen LogP contribution in [0.3, 0.4) is 0 Å². The molecule has 0 saturated carbocycles. The van der Waals surface area contributed by atoms with Gasteiger partial charge in [0.05, 0.1) is 61.6 Å². The highest BCUT2D eigenvalue weighted by atomic mass is 15.1. The second kappa shape index (κ2) is 23.4. The molecule has 13 aromatic carbocycles. The van der Waals surface area contributed by atoms with Crippen LogP contribution in [0.15, 0.2) is 285 Å². The molecule has 0 bridgehead atoms. The fourth-order valence-electron chi connectivity index (χ4n) is 16.0. The van der Waals surface area contributed by atoms with Crippen LogP contribution in [-0.2, 0) is 0 Å². The minimum absolute atomic E-state index is 0.400. The van der Waals surface area contributed by atoms with E-state index in [1.807, 2.05) is 73.1 Å². The Morgan fingerprint density at radius 3 is 0.990 bits per heavy atom. The minimum Gasteiger partial charge on any atom is -0.309 e. The smallest absolute Gasteiger partial charge is 0.165 e. The van der Waals surface area contributed by atoms with Gasteiger partial charge < -0.3 is 18.3 Å². The van der Waals surface area contributed by atoms with E-state index in [0.29, 0.717) is 34.2 Å². The molecule has 19 aromatic rings. The first kappa shape index (κ1) is 59.9. The number of benzene rings is 13. The molecule has 0 aliphatic rings. The summed E-state index contributed by atoms with van der Waals surface area (Å²) in [4.78, 5) is 21.7. The summed E-state index contributed by atoms with van der Waals surface area (Å²) in [6.45, 7) is 13.0. The van der Waals surface area contributed by atoms with E-state index in [9.17, 15) is 5.26 Å². The standard InChI is InChI=1S/C93H65N9/c1-55-21-39-79-71(47-55)72-48-56(2)22-40-80(72)99(79)66-33-27-61(28-34-66)86-77(53-94)87(62-29-35-67(36-30-62)100-81-41-23-57(3)49-73(81)74-50-58(4)24-42-82(74)100)90(102-78-20-14-13-19-69(78)70-45-46-95-54-85(70)102)88(89(86)93-97-91(64-15-9-7-10-16-64)96-92(98-93)65-17-11-8-12-18-65)63-31-37-68(38-32-63)101-83-43-25-59(5)51-75(83)76-52-60(6)26-44-84(76)101/h7-52,54H,1-6H3. The molecule has 0 N–H and O–H groups in total. The van der Waals surface area contributed by atoms with Gasteiger partial charge in [0.2, 0.25) is 0 Å². The van der Waals surface area contributed by atoms with E-state index >= 15 is 0 Å². The van der Waals surface area contributed by atoms with Crippen LogP contribution in [0.4, 0.5) is 0 Å². The van der Waals surface area contributed by atoms with Crippen LogP contribution in [0.5, 0.6) is 0 Å². The fourth-order valence-corrected chi connectivity index (χ4v) is 16.0. The zero-order valence-electron chi connectivity index (χ0n) is 57.2. The molecule has 0 aliphatic carbocycles. The van der Waals surface area contributed by atoms with Crippen molar-refractivity contribution >= 4 is 87.2 Å². The third kappa shape index (κ3) is 9.52. The fraction of sp³-hybridized carbons (Fsp3) is 0.0645. The largest absolute Gasteiger partial charge is 0.309 e. The molecule has 0 atom stereocenters. The molecule has 102 heavy (non-hydrogen) atoms. The molecule has 9 nitrogen and oxygen atoms in total. The van der Waals surface area contributed by atoms with Gasteiger partial charge in [0.25, 0.3) is 0 Å². The molecule has 0 amide bonds. The number of para-hydroxylation sites is 1. The van der Waals surface area contributed by atoms with Gasteiger partial charge >= 0.3 is 0 Å². The monoisotopic (exact) mass is 1310 g/mol. The Labute approximate surface area is 589 Å². The Hall–Kier alpha value is -13.3. The number of rotatable bonds is 10. The topological polar surface area (TPSA) is 95.1 Å². The lowest BCUT2D eigenvalue weighted by molar-refractivity contribution is 1.07. The van der Waals surface area contributed by atoms with Crippen LogP contribution in [0, 0.1) is 52.9 Å². The van der Waals surface area contributed by atoms with E-state index in [0.717, 1.165) is 117 Å². The molecular formula is C93H65N9. The van der Waals surface area contributed by atoms with Crippen molar-refractivity contribution in [2.75, 3.05) is 0 Å². The van der Waals surface area contributed by atoms with Crippen molar-refractivity contribution < 1.29 is 0 Å². The summed E-state index contributed by atoms with van der Waals surface area (Å²) in [5, 5.41) is 22.2. The van der Waals surface area contributed by atoms with E-state index in [-0.39, 0.29) is 0 Å². The molecule has 6 heterocycles. The summed E-state index contributed by atoms with van der Waals surface area (Å²) in [7, 11) is 0. The number of aryl methyl sites for hydroxylation is 6. The third-order valence-electron chi connectivity index (χ3n) is 20.7. The van der Waals surface area contributed by atoms with Crippen LogP contribution in [-0.4, -0.2) is 38.2 Å². The summed E-state index contributed by atoms with van der Waals surface area (Å²) >= 11 is 0. The molecule has 0 spiro atoms. The Morgan fingerprint density at radius 2 is 0.598 bits per heavy atom. The second-order valence-corrected chi connectivity index (χ2v) is 27.4. The molecule has 0 fully saturated rings. The Kier molecular flexibility index (Phi) is 13.8. The van der Waals surface area contributed by atoms with E-state index in [2.05, 4.69) is 278 Å². The molecule has 0 aliphatic heterocycles. The highest BCUT2D eigenvalue weighted by molar-refractivity contribution is 6.15. The SMILES string of the molecule is Cc1ccc2c(c1)c1cc(C)ccc1n2-c1ccc(-c2c(C#N)c(-c3ccc(-n4c5ccc(C)cc5c5cc(C)ccc54)cc3)c(-n3c4ccccc4c4ccncc43)c(-c3ccc(-n4c5ccc(C)cc5c5cc(C)ccc54)cc3)c2-c2nc(-c3ccccc3)nc(-c3ccccc3)n2)cc1. The number of nitriles is 1. The maximum Gasteiger partial charge on any atom is 0.165 e. The average Bonchev–Trinajstić information content (AvgIpc) is 1.19. The van der Waals surface area contributed by atoms with E-state index in [4.69, 9.17) is 19.9 Å². The van der Waals surface area contributed by atoms with Crippen molar-refractivity contribution in [1.82, 2.24) is 38.2 Å². The van der Waals surface area contributed by atoms with Crippen molar-refractivity contribution in [3.8, 4) is 96.4 Å². The summed E-state index contributed by atoms with van der Waals surface area (Å²) in [5.74, 6) is 1.39. The van der Waals surface area contributed by atoms with Gasteiger partial charge in [-0.1, -0.05) is 185 Å². The normalized spacial score (nSPS) is 11.8. The lowest BCUT2D eigenvalue weighted by Gasteiger charge is -2.27. The lowest BCUT2D eigenvalue weighted by Crippen LogP contribution is -2.10. The molecule has 0 unspecified atom stereocenters. The molecule has 9 heteroatoms.